The molecule has 5 nitrogen and oxygen atoms in total. The lowest BCUT2D eigenvalue weighted by molar-refractivity contribution is 0.146. The van der Waals surface area contributed by atoms with E-state index in [1.807, 2.05) is 12.1 Å². The number of ether oxygens (including phenoxy) is 2. The minimum absolute atomic E-state index is 0.567. The molecule has 0 atom stereocenters. The SMILES string of the molecule is CCNC(=NCc1cccc(OCCOC)c1)N1CCC(C)CC1. The smallest absolute Gasteiger partial charge is 0.194 e. The molecule has 0 aromatic heterocycles. The van der Waals surface area contributed by atoms with Gasteiger partial charge in [0.2, 0.25) is 0 Å². The van der Waals surface area contributed by atoms with Crippen LogP contribution in [0.2, 0.25) is 0 Å². The highest BCUT2D eigenvalue weighted by atomic mass is 16.5. The highest BCUT2D eigenvalue weighted by Gasteiger charge is 2.18. The minimum atomic E-state index is 0.567. The first-order valence-electron chi connectivity index (χ1n) is 8.97. The number of likely N-dealkylation sites (tertiary alicyclic amines) is 1. The summed E-state index contributed by atoms with van der Waals surface area (Å²) in [7, 11) is 1.68. The first kappa shape index (κ1) is 18.6. The van der Waals surface area contributed by atoms with Gasteiger partial charge in [0.1, 0.15) is 12.4 Å². The summed E-state index contributed by atoms with van der Waals surface area (Å²) in [5.41, 5.74) is 1.16. The second kappa shape index (κ2) is 10.2. The lowest BCUT2D eigenvalue weighted by atomic mass is 10.00. The van der Waals surface area contributed by atoms with Crippen molar-refractivity contribution in [2.24, 2.45) is 10.9 Å². The molecule has 1 N–H and O–H groups in total. The van der Waals surface area contributed by atoms with Crippen molar-refractivity contribution in [1.29, 1.82) is 0 Å². The third kappa shape index (κ3) is 6.04. The number of piperidine rings is 1. The average Bonchev–Trinajstić information content (AvgIpc) is 2.60. The fraction of sp³-hybridized carbons (Fsp3) is 0.632. The van der Waals surface area contributed by atoms with Crippen LogP contribution in [0.5, 0.6) is 5.75 Å². The number of aliphatic imine (C=N–C) groups is 1. The molecule has 1 aromatic carbocycles. The molecule has 1 aromatic rings. The van der Waals surface area contributed by atoms with Crippen LogP contribution in [0.3, 0.4) is 0 Å². The van der Waals surface area contributed by atoms with E-state index < -0.39 is 0 Å². The van der Waals surface area contributed by atoms with Gasteiger partial charge in [-0.1, -0.05) is 19.1 Å². The highest BCUT2D eigenvalue weighted by Crippen LogP contribution is 2.17. The number of hydrogen-bond acceptors (Lipinski definition) is 3. The van der Waals surface area contributed by atoms with Crippen molar-refractivity contribution in [3.8, 4) is 5.75 Å². The minimum Gasteiger partial charge on any atom is -0.491 e. The van der Waals surface area contributed by atoms with Gasteiger partial charge in [0.25, 0.3) is 0 Å². The van der Waals surface area contributed by atoms with Crippen LogP contribution in [-0.4, -0.2) is 50.8 Å². The molecule has 2 rings (SSSR count). The zero-order chi connectivity index (χ0) is 17.2. The van der Waals surface area contributed by atoms with Gasteiger partial charge < -0.3 is 19.7 Å². The van der Waals surface area contributed by atoms with Gasteiger partial charge in [0, 0.05) is 26.7 Å². The van der Waals surface area contributed by atoms with Crippen molar-refractivity contribution in [1.82, 2.24) is 10.2 Å². The quantitative estimate of drug-likeness (QED) is 0.473. The van der Waals surface area contributed by atoms with Gasteiger partial charge in [0.05, 0.1) is 13.2 Å². The summed E-state index contributed by atoms with van der Waals surface area (Å²) in [5, 5.41) is 3.42. The van der Waals surface area contributed by atoms with Crippen molar-refractivity contribution in [2.75, 3.05) is 40.0 Å². The summed E-state index contributed by atoms with van der Waals surface area (Å²) in [6.07, 6.45) is 2.49. The lowest BCUT2D eigenvalue weighted by Gasteiger charge is -2.33. The number of hydrogen-bond donors (Lipinski definition) is 1. The molecule has 0 saturated carbocycles. The Morgan fingerprint density at radius 3 is 2.79 bits per heavy atom. The van der Waals surface area contributed by atoms with Crippen LogP contribution in [0.15, 0.2) is 29.3 Å². The Balaban J connectivity index is 1.96. The third-order valence-corrected chi connectivity index (χ3v) is 4.28. The standard InChI is InChI=1S/C19H31N3O2/c1-4-20-19(22-10-8-16(2)9-11-22)21-15-17-6-5-7-18(14-17)24-13-12-23-3/h5-7,14,16H,4,8-13,15H2,1-3H3,(H,20,21). The Hall–Kier alpha value is -1.75. The van der Waals surface area contributed by atoms with E-state index in [4.69, 9.17) is 14.5 Å². The zero-order valence-electron chi connectivity index (χ0n) is 15.3. The molecule has 0 aliphatic carbocycles. The van der Waals surface area contributed by atoms with Crippen LogP contribution in [0.25, 0.3) is 0 Å². The number of nitrogens with zero attached hydrogens (tertiary/aromatic N) is 2. The summed E-state index contributed by atoms with van der Waals surface area (Å²) < 4.78 is 10.7. The maximum Gasteiger partial charge on any atom is 0.194 e. The van der Waals surface area contributed by atoms with E-state index in [0.29, 0.717) is 19.8 Å². The molecule has 134 valence electrons. The molecule has 1 saturated heterocycles. The lowest BCUT2D eigenvalue weighted by Crippen LogP contribution is -2.45. The van der Waals surface area contributed by atoms with E-state index in [1.165, 1.54) is 12.8 Å². The molecular weight excluding hydrogens is 302 g/mol. The van der Waals surface area contributed by atoms with E-state index in [9.17, 15) is 0 Å². The average molecular weight is 333 g/mol. The molecule has 24 heavy (non-hydrogen) atoms. The molecule has 0 radical (unpaired) electrons. The first-order chi connectivity index (χ1) is 11.7. The largest absolute Gasteiger partial charge is 0.491 e. The van der Waals surface area contributed by atoms with Crippen molar-refractivity contribution in [3.63, 3.8) is 0 Å². The van der Waals surface area contributed by atoms with E-state index in [-0.39, 0.29) is 0 Å². The predicted octanol–water partition coefficient (Wildman–Crippen LogP) is 2.91. The zero-order valence-corrected chi connectivity index (χ0v) is 15.3. The van der Waals surface area contributed by atoms with E-state index in [0.717, 1.165) is 42.8 Å². The molecule has 5 heteroatoms. The Kier molecular flexibility index (Phi) is 7.89. The van der Waals surface area contributed by atoms with Crippen LogP contribution in [-0.2, 0) is 11.3 Å². The van der Waals surface area contributed by atoms with E-state index >= 15 is 0 Å². The molecule has 1 aliphatic heterocycles. The third-order valence-electron chi connectivity index (χ3n) is 4.28. The van der Waals surface area contributed by atoms with Crippen molar-refractivity contribution in [3.05, 3.63) is 29.8 Å². The van der Waals surface area contributed by atoms with E-state index in [2.05, 4.69) is 36.2 Å². The first-order valence-corrected chi connectivity index (χ1v) is 8.97. The molecule has 0 bridgehead atoms. The summed E-state index contributed by atoms with van der Waals surface area (Å²) in [5.74, 6) is 2.72. The van der Waals surface area contributed by atoms with Gasteiger partial charge in [0.15, 0.2) is 5.96 Å². The van der Waals surface area contributed by atoms with Gasteiger partial charge in [-0.15, -0.1) is 0 Å². The number of methoxy groups -OCH3 is 1. The molecular formula is C19H31N3O2. The Labute approximate surface area is 146 Å². The second-order valence-corrected chi connectivity index (χ2v) is 6.33. The molecule has 1 heterocycles. The van der Waals surface area contributed by atoms with Crippen LogP contribution in [0.1, 0.15) is 32.3 Å². The van der Waals surface area contributed by atoms with Gasteiger partial charge >= 0.3 is 0 Å². The Morgan fingerprint density at radius 1 is 1.29 bits per heavy atom. The van der Waals surface area contributed by atoms with Crippen molar-refractivity contribution >= 4 is 5.96 Å². The van der Waals surface area contributed by atoms with E-state index in [1.54, 1.807) is 7.11 Å². The summed E-state index contributed by atoms with van der Waals surface area (Å²) in [4.78, 5) is 7.20. The Morgan fingerprint density at radius 2 is 2.08 bits per heavy atom. The van der Waals surface area contributed by atoms with Gasteiger partial charge in [-0.2, -0.15) is 0 Å². The molecule has 0 unspecified atom stereocenters. The molecule has 1 aliphatic rings. The summed E-state index contributed by atoms with van der Waals surface area (Å²) in [6.45, 7) is 9.35. The second-order valence-electron chi connectivity index (χ2n) is 6.33. The van der Waals surface area contributed by atoms with Crippen molar-refractivity contribution in [2.45, 2.75) is 33.2 Å². The molecule has 1 fully saturated rings. The van der Waals surface area contributed by atoms with Crippen molar-refractivity contribution < 1.29 is 9.47 Å². The molecule has 0 amide bonds. The number of guanidine groups is 1. The van der Waals surface area contributed by atoms with Crippen LogP contribution in [0, 0.1) is 5.92 Å². The van der Waals surface area contributed by atoms with Crippen LogP contribution >= 0.6 is 0 Å². The fourth-order valence-electron chi connectivity index (χ4n) is 2.79. The maximum absolute atomic E-state index is 5.67. The topological polar surface area (TPSA) is 46.1 Å². The normalized spacial score (nSPS) is 16.3. The Bertz CT molecular complexity index is 511. The maximum atomic E-state index is 5.67. The molecule has 0 spiro atoms. The van der Waals surface area contributed by atoms with Gasteiger partial charge in [-0.25, -0.2) is 4.99 Å². The predicted molar refractivity (Wildman–Crippen MR) is 98.6 cm³/mol. The highest BCUT2D eigenvalue weighted by molar-refractivity contribution is 5.80. The number of benzene rings is 1. The number of nitrogens with one attached hydrogen (secondary N) is 1. The number of rotatable bonds is 7. The van der Waals surface area contributed by atoms with Gasteiger partial charge in [-0.05, 0) is 43.4 Å². The summed E-state index contributed by atoms with van der Waals surface area (Å²) >= 11 is 0. The van der Waals surface area contributed by atoms with Gasteiger partial charge in [-0.3, -0.25) is 0 Å². The fourth-order valence-corrected chi connectivity index (χ4v) is 2.79. The van der Waals surface area contributed by atoms with Crippen LogP contribution in [0.4, 0.5) is 0 Å². The summed E-state index contributed by atoms with van der Waals surface area (Å²) in [6, 6.07) is 8.14. The van der Waals surface area contributed by atoms with Crippen LogP contribution < -0.4 is 10.1 Å². The monoisotopic (exact) mass is 333 g/mol.